The molecule has 0 aromatic heterocycles. The summed E-state index contributed by atoms with van der Waals surface area (Å²) in [6, 6.07) is 6.17. The van der Waals surface area contributed by atoms with E-state index in [9.17, 15) is 4.79 Å². The minimum absolute atomic E-state index is 0.168. The van der Waals surface area contributed by atoms with E-state index in [2.05, 4.69) is 29.4 Å². The number of piperidine rings is 1. The fraction of sp³-hybridized carbons (Fsp3) is 0.533. The molecule has 1 heterocycles. The maximum absolute atomic E-state index is 12.2. The number of nitrogens with zero attached hydrogens (tertiary/aromatic N) is 1. The van der Waals surface area contributed by atoms with Crippen molar-refractivity contribution in [3.63, 3.8) is 0 Å². The Hall–Kier alpha value is -1.35. The van der Waals surface area contributed by atoms with Gasteiger partial charge in [-0.3, -0.25) is 4.79 Å². The second-order valence-electron chi connectivity index (χ2n) is 5.39. The molecule has 1 aliphatic rings. The predicted octanol–water partition coefficient (Wildman–Crippen LogP) is 2.58. The molecule has 0 atom stereocenters. The Labute approximate surface area is 109 Å². The molecule has 0 bridgehead atoms. The van der Waals surface area contributed by atoms with Crippen LogP contribution in [0.5, 0.6) is 0 Å². The highest BCUT2D eigenvalue weighted by Crippen LogP contribution is 2.21. The molecule has 1 N–H and O–H groups in total. The number of aryl methyl sites for hydroxylation is 2. The van der Waals surface area contributed by atoms with Crippen molar-refractivity contribution >= 4 is 11.6 Å². The van der Waals surface area contributed by atoms with Crippen molar-refractivity contribution < 1.29 is 4.79 Å². The van der Waals surface area contributed by atoms with Gasteiger partial charge in [0.25, 0.3) is 0 Å². The Kier molecular flexibility index (Phi) is 4.02. The zero-order valence-corrected chi connectivity index (χ0v) is 11.5. The molecule has 1 fully saturated rings. The number of nitrogens with one attached hydrogen (secondary N) is 1. The van der Waals surface area contributed by atoms with Crippen molar-refractivity contribution in [1.29, 1.82) is 0 Å². The van der Waals surface area contributed by atoms with E-state index in [0.29, 0.717) is 0 Å². The number of anilines is 1. The van der Waals surface area contributed by atoms with Crippen LogP contribution in [-0.2, 0) is 4.79 Å². The maximum atomic E-state index is 12.2. The Bertz CT molecular complexity index is 434. The highest BCUT2D eigenvalue weighted by Gasteiger charge is 2.23. The largest absolute Gasteiger partial charge is 0.326 e. The average Bonchev–Trinajstić information content (AvgIpc) is 2.34. The van der Waals surface area contributed by atoms with Gasteiger partial charge >= 0.3 is 0 Å². The van der Waals surface area contributed by atoms with Gasteiger partial charge < -0.3 is 10.2 Å². The second-order valence-corrected chi connectivity index (χ2v) is 5.39. The first-order chi connectivity index (χ1) is 8.56. The number of amides is 1. The van der Waals surface area contributed by atoms with E-state index in [1.807, 2.05) is 19.9 Å². The molecule has 0 aliphatic carbocycles. The van der Waals surface area contributed by atoms with Crippen LogP contribution in [0, 0.1) is 19.8 Å². The molecule has 1 aliphatic heterocycles. The number of hydrogen-bond acceptors (Lipinski definition) is 2. The van der Waals surface area contributed by atoms with Gasteiger partial charge in [-0.05, 0) is 64.0 Å². The van der Waals surface area contributed by atoms with Gasteiger partial charge in [0.1, 0.15) is 0 Å². The first-order valence-electron chi connectivity index (χ1n) is 6.63. The third-order valence-corrected chi connectivity index (χ3v) is 3.74. The van der Waals surface area contributed by atoms with E-state index < -0.39 is 0 Å². The first-order valence-corrected chi connectivity index (χ1v) is 6.63. The van der Waals surface area contributed by atoms with Crippen LogP contribution < -0.4 is 5.32 Å². The molecule has 1 aromatic rings. The number of carbonyl (C=O) groups is 1. The molecule has 0 radical (unpaired) electrons. The molecule has 1 amide bonds. The summed E-state index contributed by atoms with van der Waals surface area (Å²) in [4.78, 5) is 14.5. The summed E-state index contributed by atoms with van der Waals surface area (Å²) in [7, 11) is 2.11. The molecular formula is C15H22N2O. The minimum atomic E-state index is 0.168. The van der Waals surface area contributed by atoms with Gasteiger partial charge in [-0.25, -0.2) is 0 Å². The second kappa shape index (κ2) is 5.53. The standard InChI is InChI=1S/C15H22N2O/c1-11-4-5-12(2)14(10-11)16-15(18)13-6-8-17(3)9-7-13/h4-5,10,13H,6-9H2,1-3H3,(H,16,18). The van der Waals surface area contributed by atoms with Crippen molar-refractivity contribution in [1.82, 2.24) is 4.90 Å². The van der Waals surface area contributed by atoms with Crippen LogP contribution in [0.15, 0.2) is 18.2 Å². The number of hydrogen-bond donors (Lipinski definition) is 1. The smallest absolute Gasteiger partial charge is 0.227 e. The van der Waals surface area contributed by atoms with Crippen LogP contribution in [-0.4, -0.2) is 30.9 Å². The Morgan fingerprint density at radius 1 is 1.28 bits per heavy atom. The monoisotopic (exact) mass is 246 g/mol. The van der Waals surface area contributed by atoms with Crippen LogP contribution in [0.3, 0.4) is 0 Å². The Morgan fingerprint density at radius 3 is 2.61 bits per heavy atom. The van der Waals surface area contributed by atoms with Gasteiger partial charge in [-0.1, -0.05) is 12.1 Å². The topological polar surface area (TPSA) is 32.3 Å². The van der Waals surface area contributed by atoms with E-state index in [1.54, 1.807) is 0 Å². The molecular weight excluding hydrogens is 224 g/mol. The fourth-order valence-corrected chi connectivity index (χ4v) is 2.38. The summed E-state index contributed by atoms with van der Waals surface area (Å²) in [5, 5.41) is 3.08. The van der Waals surface area contributed by atoms with Crippen molar-refractivity contribution in [2.75, 3.05) is 25.5 Å². The summed E-state index contributed by atoms with van der Waals surface area (Å²) >= 11 is 0. The van der Waals surface area contributed by atoms with Crippen LogP contribution in [0.2, 0.25) is 0 Å². The predicted molar refractivity (Wildman–Crippen MR) is 74.8 cm³/mol. The molecule has 1 saturated heterocycles. The highest BCUT2D eigenvalue weighted by molar-refractivity contribution is 5.93. The van der Waals surface area contributed by atoms with Gasteiger partial charge in [0.2, 0.25) is 5.91 Å². The van der Waals surface area contributed by atoms with Gasteiger partial charge in [0, 0.05) is 11.6 Å². The lowest BCUT2D eigenvalue weighted by molar-refractivity contribution is -0.121. The van der Waals surface area contributed by atoms with Crippen molar-refractivity contribution in [3.05, 3.63) is 29.3 Å². The molecule has 1 aromatic carbocycles. The summed E-state index contributed by atoms with van der Waals surface area (Å²) in [5.74, 6) is 0.345. The van der Waals surface area contributed by atoms with E-state index in [4.69, 9.17) is 0 Å². The van der Waals surface area contributed by atoms with Crippen LogP contribution >= 0.6 is 0 Å². The van der Waals surface area contributed by atoms with E-state index in [0.717, 1.165) is 37.2 Å². The van der Waals surface area contributed by atoms with Crippen molar-refractivity contribution in [2.24, 2.45) is 5.92 Å². The normalized spacial score (nSPS) is 17.7. The van der Waals surface area contributed by atoms with Gasteiger partial charge in [-0.2, -0.15) is 0 Å². The molecule has 0 spiro atoms. The zero-order valence-electron chi connectivity index (χ0n) is 11.5. The summed E-state index contributed by atoms with van der Waals surface area (Å²) in [6.07, 6.45) is 1.93. The van der Waals surface area contributed by atoms with Gasteiger partial charge in [0.15, 0.2) is 0 Å². The van der Waals surface area contributed by atoms with E-state index in [-0.39, 0.29) is 11.8 Å². The van der Waals surface area contributed by atoms with Crippen LogP contribution in [0.25, 0.3) is 0 Å². The van der Waals surface area contributed by atoms with E-state index in [1.165, 1.54) is 5.56 Å². The number of likely N-dealkylation sites (tertiary alicyclic amines) is 1. The summed E-state index contributed by atoms with van der Waals surface area (Å²) in [6.45, 7) is 6.12. The Morgan fingerprint density at radius 2 is 1.94 bits per heavy atom. The third kappa shape index (κ3) is 3.10. The lowest BCUT2D eigenvalue weighted by Gasteiger charge is -2.28. The van der Waals surface area contributed by atoms with Crippen molar-refractivity contribution in [2.45, 2.75) is 26.7 Å². The zero-order chi connectivity index (χ0) is 13.1. The molecule has 2 rings (SSSR count). The van der Waals surface area contributed by atoms with Crippen LogP contribution in [0.1, 0.15) is 24.0 Å². The van der Waals surface area contributed by atoms with Gasteiger partial charge in [0.05, 0.1) is 0 Å². The first kappa shape index (κ1) is 13.1. The average molecular weight is 246 g/mol. The lowest BCUT2D eigenvalue weighted by Crippen LogP contribution is -2.36. The molecule has 3 heteroatoms. The molecule has 3 nitrogen and oxygen atoms in total. The molecule has 0 saturated carbocycles. The quantitative estimate of drug-likeness (QED) is 0.870. The molecule has 0 unspecified atom stereocenters. The highest BCUT2D eigenvalue weighted by atomic mass is 16.1. The minimum Gasteiger partial charge on any atom is -0.326 e. The van der Waals surface area contributed by atoms with E-state index >= 15 is 0 Å². The molecule has 98 valence electrons. The fourth-order valence-electron chi connectivity index (χ4n) is 2.38. The maximum Gasteiger partial charge on any atom is 0.227 e. The summed E-state index contributed by atoms with van der Waals surface area (Å²) in [5.41, 5.74) is 3.26. The third-order valence-electron chi connectivity index (χ3n) is 3.74. The van der Waals surface area contributed by atoms with Crippen molar-refractivity contribution in [3.8, 4) is 0 Å². The Balaban J connectivity index is 2.00. The number of carbonyl (C=O) groups excluding carboxylic acids is 1. The summed E-state index contributed by atoms with van der Waals surface area (Å²) < 4.78 is 0. The lowest BCUT2D eigenvalue weighted by atomic mass is 9.96. The molecule has 18 heavy (non-hydrogen) atoms. The van der Waals surface area contributed by atoms with Crippen LogP contribution in [0.4, 0.5) is 5.69 Å². The number of rotatable bonds is 2. The van der Waals surface area contributed by atoms with Gasteiger partial charge in [-0.15, -0.1) is 0 Å². The number of benzene rings is 1. The SMILES string of the molecule is Cc1ccc(C)c(NC(=O)C2CCN(C)CC2)c1.